The van der Waals surface area contributed by atoms with Gasteiger partial charge in [-0.2, -0.15) is 0 Å². The Kier molecular flexibility index (Phi) is 3.49. The summed E-state index contributed by atoms with van der Waals surface area (Å²) in [5.74, 6) is -0.462. The lowest BCUT2D eigenvalue weighted by molar-refractivity contribution is 0.138. The Balaban J connectivity index is 2.96. The maximum absolute atomic E-state index is 10.3. The van der Waals surface area contributed by atoms with Gasteiger partial charge in [0.25, 0.3) is 5.88 Å². The van der Waals surface area contributed by atoms with E-state index in [0.717, 1.165) is 12.3 Å². The van der Waals surface area contributed by atoms with E-state index in [0.29, 0.717) is 0 Å². The van der Waals surface area contributed by atoms with Crippen LogP contribution in [-0.4, -0.2) is 34.6 Å². The summed E-state index contributed by atoms with van der Waals surface area (Å²) in [5.41, 5.74) is 0. The van der Waals surface area contributed by atoms with Crippen LogP contribution in [0.5, 0.6) is 17.4 Å². The van der Waals surface area contributed by atoms with E-state index in [-0.39, 0.29) is 17.4 Å². The second kappa shape index (κ2) is 4.82. The molecule has 0 amide bonds. The molecule has 2 N–H and O–H groups in total. The van der Waals surface area contributed by atoms with Crippen LogP contribution in [0.1, 0.15) is 0 Å². The van der Waals surface area contributed by atoms with Crippen molar-refractivity contribution in [3.63, 3.8) is 0 Å². The third-order valence-corrected chi connectivity index (χ3v) is 1.40. The molecule has 0 aliphatic rings. The molecule has 16 heavy (non-hydrogen) atoms. The predicted molar refractivity (Wildman–Crippen MR) is 48.1 cm³/mol. The highest BCUT2D eigenvalue weighted by Gasteiger charge is 2.13. The van der Waals surface area contributed by atoms with Crippen molar-refractivity contribution in [1.29, 1.82) is 0 Å². The summed E-state index contributed by atoms with van der Waals surface area (Å²) in [7, 11) is 1.25. The minimum atomic E-state index is -1.56. The summed E-state index contributed by atoms with van der Waals surface area (Å²) < 4.78 is 13.3. The van der Waals surface area contributed by atoms with Gasteiger partial charge in [0, 0.05) is 6.07 Å². The van der Waals surface area contributed by atoms with E-state index in [1.54, 1.807) is 0 Å². The Hall–Kier alpha value is -2.51. The Labute approximate surface area is 89.0 Å². The standard InChI is InChI=1S/C8H7NO7/c1-14-5-2-4(15-7(10)11)3-9-6(5)16-8(12)13/h2-3H,1H3,(H,10,11)(H,12,13). The van der Waals surface area contributed by atoms with Gasteiger partial charge < -0.3 is 24.4 Å². The largest absolute Gasteiger partial charge is 0.512 e. The number of hydrogen-bond acceptors (Lipinski definition) is 6. The Morgan fingerprint density at radius 2 is 1.88 bits per heavy atom. The smallest absolute Gasteiger partial charge is 0.491 e. The van der Waals surface area contributed by atoms with Crippen LogP contribution in [0.2, 0.25) is 0 Å². The van der Waals surface area contributed by atoms with E-state index in [2.05, 4.69) is 14.5 Å². The normalized spacial score (nSPS) is 9.31. The third-order valence-electron chi connectivity index (χ3n) is 1.40. The van der Waals surface area contributed by atoms with Gasteiger partial charge in [0.15, 0.2) is 11.5 Å². The molecule has 0 fully saturated rings. The molecule has 0 atom stereocenters. The molecular weight excluding hydrogens is 222 g/mol. The molecule has 0 saturated carbocycles. The number of rotatable bonds is 3. The van der Waals surface area contributed by atoms with Crippen LogP contribution >= 0.6 is 0 Å². The molecule has 0 aliphatic heterocycles. The SMILES string of the molecule is COc1cc(OC(=O)O)cnc1OC(=O)O. The van der Waals surface area contributed by atoms with Crippen molar-refractivity contribution >= 4 is 12.3 Å². The molecule has 8 heteroatoms. The zero-order valence-corrected chi connectivity index (χ0v) is 8.04. The molecule has 0 unspecified atom stereocenters. The summed E-state index contributed by atoms with van der Waals surface area (Å²) >= 11 is 0. The Bertz CT molecular complexity index is 417. The fourth-order valence-electron chi connectivity index (χ4n) is 0.876. The quantitative estimate of drug-likeness (QED) is 0.743. The summed E-state index contributed by atoms with van der Waals surface area (Å²) in [6, 6.07) is 1.14. The van der Waals surface area contributed by atoms with Crippen LogP contribution in [-0.2, 0) is 0 Å². The third kappa shape index (κ3) is 3.01. The molecule has 1 aromatic rings. The van der Waals surface area contributed by atoms with Gasteiger partial charge in [0.05, 0.1) is 13.3 Å². The predicted octanol–water partition coefficient (Wildman–Crippen LogP) is 1.20. The van der Waals surface area contributed by atoms with Gasteiger partial charge >= 0.3 is 12.3 Å². The lowest BCUT2D eigenvalue weighted by Crippen LogP contribution is -2.07. The molecule has 0 saturated heterocycles. The summed E-state index contributed by atoms with van der Waals surface area (Å²) in [5, 5.41) is 16.7. The lowest BCUT2D eigenvalue weighted by Gasteiger charge is -2.06. The van der Waals surface area contributed by atoms with Gasteiger partial charge in [-0.05, 0) is 0 Å². The number of ether oxygens (including phenoxy) is 3. The van der Waals surface area contributed by atoms with Gasteiger partial charge in [-0.15, -0.1) is 0 Å². The maximum Gasteiger partial charge on any atom is 0.512 e. The van der Waals surface area contributed by atoms with Gasteiger partial charge in [-0.25, -0.2) is 14.6 Å². The van der Waals surface area contributed by atoms with Crippen molar-refractivity contribution in [2.24, 2.45) is 0 Å². The highest BCUT2D eigenvalue weighted by Crippen LogP contribution is 2.28. The summed E-state index contributed by atoms with van der Waals surface area (Å²) in [6.07, 6.45) is -2.08. The number of carbonyl (C=O) groups is 2. The molecule has 1 rings (SSSR count). The van der Waals surface area contributed by atoms with E-state index in [1.807, 2.05) is 0 Å². The Morgan fingerprint density at radius 3 is 2.38 bits per heavy atom. The molecule has 1 aromatic heterocycles. The average Bonchev–Trinajstić information content (AvgIpc) is 2.18. The first-order chi connectivity index (χ1) is 7.52. The second-order valence-electron chi connectivity index (χ2n) is 2.41. The van der Waals surface area contributed by atoms with Crippen LogP contribution in [0, 0.1) is 0 Å². The van der Waals surface area contributed by atoms with Gasteiger partial charge in [0.2, 0.25) is 0 Å². The van der Waals surface area contributed by atoms with Crippen molar-refractivity contribution in [3.05, 3.63) is 12.3 Å². The zero-order chi connectivity index (χ0) is 12.1. The van der Waals surface area contributed by atoms with Gasteiger partial charge in [-0.3, -0.25) is 0 Å². The first-order valence-electron chi connectivity index (χ1n) is 3.88. The van der Waals surface area contributed by atoms with E-state index in [1.165, 1.54) is 7.11 Å². The fourth-order valence-corrected chi connectivity index (χ4v) is 0.876. The summed E-state index contributed by atoms with van der Waals surface area (Å²) in [6.45, 7) is 0. The molecule has 0 bridgehead atoms. The number of aromatic nitrogens is 1. The molecule has 86 valence electrons. The van der Waals surface area contributed by atoms with Crippen LogP contribution in [0.15, 0.2) is 12.3 Å². The molecular formula is C8H7NO7. The van der Waals surface area contributed by atoms with Crippen LogP contribution in [0.4, 0.5) is 9.59 Å². The first kappa shape index (κ1) is 11.6. The first-order valence-corrected chi connectivity index (χ1v) is 3.88. The monoisotopic (exact) mass is 229 g/mol. The average molecular weight is 229 g/mol. The molecule has 0 radical (unpaired) electrons. The lowest BCUT2D eigenvalue weighted by atomic mass is 10.4. The van der Waals surface area contributed by atoms with E-state index in [4.69, 9.17) is 14.9 Å². The molecule has 0 spiro atoms. The molecule has 0 aromatic carbocycles. The number of pyridine rings is 1. The Morgan fingerprint density at radius 1 is 1.25 bits per heavy atom. The van der Waals surface area contributed by atoms with E-state index in [9.17, 15) is 9.59 Å². The van der Waals surface area contributed by atoms with Crippen molar-refractivity contribution in [1.82, 2.24) is 4.98 Å². The van der Waals surface area contributed by atoms with Crippen molar-refractivity contribution < 1.29 is 34.0 Å². The van der Waals surface area contributed by atoms with Crippen molar-refractivity contribution in [2.75, 3.05) is 7.11 Å². The number of carboxylic acid groups (broad SMARTS) is 2. The highest BCUT2D eigenvalue weighted by molar-refractivity contribution is 5.63. The maximum atomic E-state index is 10.3. The van der Waals surface area contributed by atoms with Crippen molar-refractivity contribution in [2.45, 2.75) is 0 Å². The second-order valence-corrected chi connectivity index (χ2v) is 2.41. The number of methoxy groups -OCH3 is 1. The number of hydrogen-bond donors (Lipinski definition) is 2. The van der Waals surface area contributed by atoms with Crippen LogP contribution in [0.3, 0.4) is 0 Å². The van der Waals surface area contributed by atoms with Gasteiger partial charge in [-0.1, -0.05) is 0 Å². The molecule has 0 aliphatic carbocycles. The minimum absolute atomic E-state index is 0.0545. The highest BCUT2D eigenvalue weighted by atomic mass is 16.7. The van der Waals surface area contributed by atoms with Gasteiger partial charge in [0.1, 0.15) is 0 Å². The molecule has 1 heterocycles. The molecule has 8 nitrogen and oxygen atoms in total. The number of nitrogens with zero attached hydrogens (tertiary/aromatic N) is 1. The van der Waals surface area contributed by atoms with E-state index >= 15 is 0 Å². The topological polar surface area (TPSA) is 115 Å². The van der Waals surface area contributed by atoms with Crippen LogP contribution < -0.4 is 14.2 Å². The minimum Gasteiger partial charge on any atom is -0.491 e. The zero-order valence-electron chi connectivity index (χ0n) is 8.04. The summed E-state index contributed by atoms with van der Waals surface area (Å²) in [4.78, 5) is 24.0. The van der Waals surface area contributed by atoms with E-state index < -0.39 is 12.3 Å². The van der Waals surface area contributed by atoms with Crippen LogP contribution in [0.25, 0.3) is 0 Å². The van der Waals surface area contributed by atoms with Crippen molar-refractivity contribution in [3.8, 4) is 17.4 Å². The fraction of sp³-hybridized carbons (Fsp3) is 0.125.